The lowest BCUT2D eigenvalue weighted by atomic mass is 10.1. The summed E-state index contributed by atoms with van der Waals surface area (Å²) in [4.78, 5) is 33.9. The largest absolute Gasteiger partial charge is 0.338 e. The summed E-state index contributed by atoms with van der Waals surface area (Å²) in [6, 6.07) is 15.5. The molecule has 0 amide bonds. The average molecular weight is 457 g/mol. The van der Waals surface area contributed by atoms with Gasteiger partial charge in [0, 0.05) is 35.9 Å². The topological polar surface area (TPSA) is 109 Å². The standard InChI is InChI=1S/C27H20N8/c1-16(2)13-19(26-32-20-7-5-17(14-22(20)34-26)24-28-9-3-10-29-24)27-33-21-8-6-18(15-23(21)35-27)25-30-11-4-12-31-25/h3-15H,1H2,2H3,(H,32,34)(H,33,35). The van der Waals surface area contributed by atoms with Gasteiger partial charge in [-0.25, -0.2) is 29.9 Å². The predicted molar refractivity (Wildman–Crippen MR) is 136 cm³/mol. The van der Waals surface area contributed by atoms with Crippen molar-refractivity contribution in [3.63, 3.8) is 0 Å². The van der Waals surface area contributed by atoms with Crippen molar-refractivity contribution in [2.45, 2.75) is 6.92 Å². The van der Waals surface area contributed by atoms with E-state index in [2.05, 4.69) is 36.5 Å². The molecule has 0 radical (unpaired) electrons. The lowest BCUT2D eigenvalue weighted by Gasteiger charge is -2.01. The van der Waals surface area contributed by atoms with E-state index in [4.69, 9.17) is 9.97 Å². The Hall–Kier alpha value is -4.98. The number of fused-ring (bicyclic) bond motifs is 2. The summed E-state index contributed by atoms with van der Waals surface area (Å²) in [6.07, 6.45) is 8.90. The zero-order chi connectivity index (χ0) is 23.8. The number of hydrogen-bond donors (Lipinski definition) is 2. The molecule has 6 aromatic rings. The second-order valence-corrected chi connectivity index (χ2v) is 8.18. The molecule has 35 heavy (non-hydrogen) atoms. The summed E-state index contributed by atoms with van der Waals surface area (Å²) in [5, 5.41) is 0. The Kier molecular flexibility index (Phi) is 4.96. The molecule has 8 heteroatoms. The molecular weight excluding hydrogens is 436 g/mol. The number of benzene rings is 2. The van der Waals surface area contributed by atoms with E-state index >= 15 is 0 Å². The molecule has 0 saturated heterocycles. The van der Waals surface area contributed by atoms with Gasteiger partial charge in [-0.2, -0.15) is 0 Å². The average Bonchev–Trinajstić information content (AvgIpc) is 3.51. The lowest BCUT2D eigenvalue weighted by Crippen LogP contribution is -1.93. The van der Waals surface area contributed by atoms with Crippen LogP contribution in [-0.4, -0.2) is 39.9 Å². The highest BCUT2D eigenvalue weighted by molar-refractivity contribution is 5.88. The van der Waals surface area contributed by atoms with Gasteiger partial charge in [-0.1, -0.05) is 12.2 Å². The van der Waals surface area contributed by atoms with Crippen molar-refractivity contribution < 1.29 is 0 Å². The summed E-state index contributed by atoms with van der Waals surface area (Å²) in [7, 11) is 0. The Balaban J connectivity index is 1.43. The van der Waals surface area contributed by atoms with E-state index in [1.807, 2.05) is 49.4 Å². The third-order valence-corrected chi connectivity index (χ3v) is 5.51. The van der Waals surface area contributed by atoms with Crippen LogP contribution in [0, 0.1) is 0 Å². The monoisotopic (exact) mass is 456 g/mol. The van der Waals surface area contributed by atoms with Gasteiger partial charge >= 0.3 is 0 Å². The number of allylic oxidation sites excluding steroid dienone is 2. The molecule has 0 aliphatic carbocycles. The summed E-state index contributed by atoms with van der Waals surface area (Å²) in [5.41, 5.74) is 6.99. The summed E-state index contributed by atoms with van der Waals surface area (Å²) in [6.45, 7) is 6.01. The Morgan fingerprint density at radius 2 is 1.17 bits per heavy atom. The first-order valence-corrected chi connectivity index (χ1v) is 11.1. The lowest BCUT2D eigenvalue weighted by molar-refractivity contribution is 1.18. The molecule has 6 rings (SSSR count). The number of hydrogen-bond acceptors (Lipinski definition) is 6. The molecule has 0 aliphatic rings. The van der Waals surface area contributed by atoms with Crippen LogP contribution in [0.1, 0.15) is 18.6 Å². The molecule has 0 unspecified atom stereocenters. The minimum atomic E-state index is 0.665. The number of nitrogens with zero attached hydrogens (tertiary/aromatic N) is 6. The molecule has 2 N–H and O–H groups in total. The quantitative estimate of drug-likeness (QED) is 0.338. The van der Waals surface area contributed by atoms with Crippen molar-refractivity contribution in [2.75, 3.05) is 0 Å². The van der Waals surface area contributed by atoms with E-state index in [1.165, 1.54) is 0 Å². The highest BCUT2D eigenvalue weighted by atomic mass is 15.0. The van der Waals surface area contributed by atoms with Crippen LogP contribution in [0.5, 0.6) is 0 Å². The Bertz CT molecular complexity index is 1590. The molecule has 8 nitrogen and oxygen atoms in total. The third-order valence-electron chi connectivity index (χ3n) is 5.51. The molecule has 168 valence electrons. The van der Waals surface area contributed by atoms with E-state index in [0.29, 0.717) is 23.3 Å². The van der Waals surface area contributed by atoms with Gasteiger partial charge in [-0.15, -0.1) is 0 Å². The van der Waals surface area contributed by atoms with E-state index in [1.54, 1.807) is 36.9 Å². The van der Waals surface area contributed by atoms with Crippen LogP contribution in [0.25, 0.3) is 50.4 Å². The summed E-state index contributed by atoms with van der Waals surface area (Å²) >= 11 is 0. The van der Waals surface area contributed by atoms with Gasteiger partial charge in [0.15, 0.2) is 11.6 Å². The first-order chi connectivity index (χ1) is 17.1. The fourth-order valence-electron chi connectivity index (χ4n) is 3.94. The van der Waals surface area contributed by atoms with Crippen LogP contribution < -0.4 is 0 Å². The summed E-state index contributed by atoms with van der Waals surface area (Å²) < 4.78 is 0. The van der Waals surface area contributed by atoms with Gasteiger partial charge in [-0.3, -0.25) is 0 Å². The van der Waals surface area contributed by atoms with Gasteiger partial charge in [0.1, 0.15) is 11.6 Å². The number of imidazole rings is 2. The van der Waals surface area contributed by atoms with Crippen molar-refractivity contribution in [1.82, 2.24) is 39.9 Å². The van der Waals surface area contributed by atoms with E-state index in [0.717, 1.165) is 44.3 Å². The van der Waals surface area contributed by atoms with Gasteiger partial charge in [0.25, 0.3) is 0 Å². The van der Waals surface area contributed by atoms with Crippen LogP contribution in [0.2, 0.25) is 0 Å². The highest BCUT2D eigenvalue weighted by Gasteiger charge is 2.16. The molecule has 0 bridgehead atoms. The molecule has 2 aromatic carbocycles. The number of rotatable bonds is 5. The molecule has 4 heterocycles. The van der Waals surface area contributed by atoms with E-state index in [-0.39, 0.29) is 0 Å². The first-order valence-electron chi connectivity index (χ1n) is 11.1. The number of H-pyrrole nitrogens is 2. The minimum absolute atomic E-state index is 0.665. The Morgan fingerprint density at radius 1 is 0.714 bits per heavy atom. The molecule has 0 atom stereocenters. The molecule has 0 saturated carbocycles. The maximum absolute atomic E-state index is 4.83. The molecule has 0 aliphatic heterocycles. The van der Waals surface area contributed by atoms with Gasteiger partial charge in [-0.05, 0) is 61.5 Å². The van der Waals surface area contributed by atoms with Crippen molar-refractivity contribution in [1.29, 1.82) is 0 Å². The fourth-order valence-corrected chi connectivity index (χ4v) is 3.94. The van der Waals surface area contributed by atoms with Crippen LogP contribution in [-0.2, 0) is 0 Å². The van der Waals surface area contributed by atoms with Crippen molar-refractivity contribution in [2.24, 2.45) is 0 Å². The first kappa shape index (κ1) is 20.6. The third kappa shape index (κ3) is 3.97. The second-order valence-electron chi connectivity index (χ2n) is 8.18. The highest BCUT2D eigenvalue weighted by Crippen LogP contribution is 2.28. The number of aromatic nitrogens is 8. The maximum atomic E-state index is 4.83. The Labute approximate surface area is 200 Å². The predicted octanol–water partition coefficient (Wildman–Crippen LogP) is 5.36. The zero-order valence-corrected chi connectivity index (χ0v) is 18.9. The fraction of sp³-hybridized carbons (Fsp3) is 0.0370. The smallest absolute Gasteiger partial charge is 0.159 e. The summed E-state index contributed by atoms with van der Waals surface area (Å²) in [5.74, 6) is 2.72. The normalized spacial score (nSPS) is 11.1. The van der Waals surface area contributed by atoms with Gasteiger partial charge in [0.2, 0.25) is 0 Å². The van der Waals surface area contributed by atoms with E-state index < -0.39 is 0 Å². The minimum Gasteiger partial charge on any atom is -0.338 e. The van der Waals surface area contributed by atoms with Gasteiger partial charge < -0.3 is 9.97 Å². The van der Waals surface area contributed by atoms with Crippen LogP contribution in [0.3, 0.4) is 0 Å². The Morgan fingerprint density at radius 3 is 1.60 bits per heavy atom. The second kappa shape index (κ2) is 8.42. The van der Waals surface area contributed by atoms with Crippen LogP contribution in [0.4, 0.5) is 0 Å². The number of nitrogens with one attached hydrogen (secondary N) is 2. The van der Waals surface area contributed by atoms with Crippen LogP contribution >= 0.6 is 0 Å². The molecular formula is C27H20N8. The SMILES string of the molecule is C=C(C)C=C(c1nc2ccc(-c3ncccn3)cc2[nH]1)c1nc2ccc(-c3ncccn3)cc2[nH]1. The molecule has 4 aromatic heterocycles. The van der Waals surface area contributed by atoms with Crippen LogP contribution in [0.15, 0.2) is 91.5 Å². The van der Waals surface area contributed by atoms with Crippen molar-refractivity contribution in [3.05, 3.63) is 103 Å². The number of aromatic amines is 2. The maximum Gasteiger partial charge on any atom is 0.159 e. The van der Waals surface area contributed by atoms with Crippen molar-refractivity contribution in [3.8, 4) is 22.8 Å². The van der Waals surface area contributed by atoms with Crippen molar-refractivity contribution >= 4 is 27.6 Å². The molecule has 0 fully saturated rings. The van der Waals surface area contributed by atoms with Gasteiger partial charge in [0.05, 0.1) is 27.6 Å². The zero-order valence-electron chi connectivity index (χ0n) is 18.9. The molecule has 0 spiro atoms. The van der Waals surface area contributed by atoms with E-state index in [9.17, 15) is 0 Å².